The Balaban J connectivity index is 2.00. The monoisotopic (exact) mass is 321 g/mol. The van der Waals surface area contributed by atoms with E-state index in [0.29, 0.717) is 6.54 Å². The van der Waals surface area contributed by atoms with Crippen LogP contribution in [-0.4, -0.2) is 10.2 Å². The third kappa shape index (κ3) is 3.72. The van der Waals surface area contributed by atoms with Crippen LogP contribution in [0.4, 0.5) is 0 Å². The van der Waals surface area contributed by atoms with Crippen molar-refractivity contribution in [2.45, 2.75) is 19.5 Å². The predicted octanol–water partition coefficient (Wildman–Crippen LogP) is 3.71. The number of aromatic hydroxyl groups is 2. The van der Waals surface area contributed by atoms with Crippen LogP contribution in [0.15, 0.2) is 46.9 Å². The average molecular weight is 322 g/mol. The lowest BCUT2D eigenvalue weighted by molar-refractivity contribution is 0.441. The van der Waals surface area contributed by atoms with Crippen LogP contribution < -0.4 is 5.32 Å². The van der Waals surface area contributed by atoms with Gasteiger partial charge in [0.25, 0.3) is 0 Å². The van der Waals surface area contributed by atoms with Gasteiger partial charge in [0.1, 0.15) is 11.5 Å². The molecule has 0 fully saturated rings. The van der Waals surface area contributed by atoms with Crippen molar-refractivity contribution in [2.24, 2.45) is 0 Å². The summed E-state index contributed by atoms with van der Waals surface area (Å²) in [6.45, 7) is 2.62. The molecule has 4 heteroatoms. The van der Waals surface area contributed by atoms with Gasteiger partial charge in [0, 0.05) is 28.7 Å². The smallest absolute Gasteiger partial charge is 0.123 e. The van der Waals surface area contributed by atoms with Crippen LogP contribution in [0.25, 0.3) is 0 Å². The van der Waals surface area contributed by atoms with Gasteiger partial charge in [0.2, 0.25) is 0 Å². The summed E-state index contributed by atoms with van der Waals surface area (Å²) in [5.41, 5.74) is 1.95. The summed E-state index contributed by atoms with van der Waals surface area (Å²) in [7, 11) is 0. The van der Waals surface area contributed by atoms with E-state index in [1.54, 1.807) is 12.1 Å². The van der Waals surface area contributed by atoms with E-state index in [0.717, 1.165) is 10.0 Å². The van der Waals surface area contributed by atoms with Crippen LogP contribution in [0.2, 0.25) is 0 Å². The van der Waals surface area contributed by atoms with Crippen molar-refractivity contribution in [3.05, 3.63) is 58.1 Å². The fourth-order valence-corrected chi connectivity index (χ4v) is 2.10. The summed E-state index contributed by atoms with van der Waals surface area (Å²) >= 11 is 3.41. The van der Waals surface area contributed by atoms with E-state index in [9.17, 15) is 10.2 Å². The third-order valence-electron chi connectivity index (χ3n) is 3.04. The molecule has 1 atom stereocenters. The Hall–Kier alpha value is -1.52. The molecule has 0 aliphatic carbocycles. The van der Waals surface area contributed by atoms with Crippen molar-refractivity contribution in [3.63, 3.8) is 0 Å². The van der Waals surface area contributed by atoms with Crippen LogP contribution in [0, 0.1) is 0 Å². The second-order valence-electron chi connectivity index (χ2n) is 4.47. The molecule has 0 aliphatic rings. The highest BCUT2D eigenvalue weighted by Crippen LogP contribution is 2.23. The number of hydrogen-bond acceptors (Lipinski definition) is 3. The molecule has 100 valence electrons. The van der Waals surface area contributed by atoms with E-state index in [1.165, 1.54) is 11.6 Å². The van der Waals surface area contributed by atoms with Crippen molar-refractivity contribution in [2.75, 3.05) is 0 Å². The molecule has 0 radical (unpaired) electrons. The van der Waals surface area contributed by atoms with E-state index >= 15 is 0 Å². The minimum absolute atomic E-state index is 0.0715. The molecule has 2 aromatic rings. The number of benzene rings is 2. The maximum absolute atomic E-state index is 9.70. The lowest BCUT2D eigenvalue weighted by Gasteiger charge is -2.15. The maximum atomic E-state index is 9.70. The summed E-state index contributed by atoms with van der Waals surface area (Å²) in [5.74, 6) is 0.178. The van der Waals surface area contributed by atoms with E-state index < -0.39 is 0 Å². The maximum Gasteiger partial charge on any atom is 0.123 e. The summed E-state index contributed by atoms with van der Waals surface area (Å²) < 4.78 is 1.06. The van der Waals surface area contributed by atoms with Gasteiger partial charge in [-0.1, -0.05) is 34.1 Å². The van der Waals surface area contributed by atoms with Crippen LogP contribution in [0.5, 0.6) is 11.5 Å². The van der Waals surface area contributed by atoms with Gasteiger partial charge in [-0.25, -0.2) is 0 Å². The molecule has 19 heavy (non-hydrogen) atoms. The van der Waals surface area contributed by atoms with E-state index in [4.69, 9.17) is 0 Å². The third-order valence-corrected chi connectivity index (χ3v) is 3.57. The highest BCUT2D eigenvalue weighted by atomic mass is 79.9. The van der Waals surface area contributed by atoms with E-state index in [2.05, 4.69) is 40.3 Å². The zero-order valence-corrected chi connectivity index (χ0v) is 12.2. The quantitative estimate of drug-likeness (QED) is 0.804. The molecule has 2 rings (SSSR count). The van der Waals surface area contributed by atoms with Gasteiger partial charge < -0.3 is 15.5 Å². The van der Waals surface area contributed by atoms with Gasteiger partial charge in [-0.2, -0.15) is 0 Å². The van der Waals surface area contributed by atoms with Crippen LogP contribution in [0.3, 0.4) is 0 Å². The summed E-state index contributed by atoms with van der Waals surface area (Å²) in [4.78, 5) is 0. The minimum Gasteiger partial charge on any atom is -0.508 e. The largest absolute Gasteiger partial charge is 0.508 e. The first kappa shape index (κ1) is 13.9. The van der Waals surface area contributed by atoms with E-state index in [1.807, 2.05) is 12.1 Å². The zero-order valence-electron chi connectivity index (χ0n) is 10.6. The first-order chi connectivity index (χ1) is 9.06. The van der Waals surface area contributed by atoms with Gasteiger partial charge in [0.15, 0.2) is 0 Å². The van der Waals surface area contributed by atoms with E-state index in [-0.39, 0.29) is 17.5 Å². The molecule has 3 nitrogen and oxygen atoms in total. The van der Waals surface area contributed by atoms with Gasteiger partial charge in [-0.3, -0.25) is 0 Å². The number of nitrogens with one attached hydrogen (secondary N) is 1. The van der Waals surface area contributed by atoms with Crippen LogP contribution in [-0.2, 0) is 6.54 Å². The van der Waals surface area contributed by atoms with Gasteiger partial charge in [-0.15, -0.1) is 0 Å². The minimum atomic E-state index is 0.0715. The lowest BCUT2D eigenvalue weighted by Crippen LogP contribution is -2.18. The number of phenolic OH excluding ortho intramolecular Hbond substituents is 2. The first-order valence-electron chi connectivity index (χ1n) is 6.06. The number of halogens is 1. The number of hydrogen-bond donors (Lipinski definition) is 3. The van der Waals surface area contributed by atoms with Crippen molar-refractivity contribution in [1.29, 1.82) is 0 Å². The Morgan fingerprint density at radius 1 is 1.11 bits per heavy atom. The van der Waals surface area contributed by atoms with Gasteiger partial charge >= 0.3 is 0 Å². The predicted molar refractivity (Wildman–Crippen MR) is 79.2 cm³/mol. The molecule has 0 aromatic heterocycles. The Morgan fingerprint density at radius 3 is 2.42 bits per heavy atom. The second-order valence-corrected chi connectivity index (χ2v) is 5.38. The van der Waals surface area contributed by atoms with Crippen LogP contribution >= 0.6 is 15.9 Å². The first-order valence-corrected chi connectivity index (χ1v) is 6.85. The summed E-state index contributed by atoms with van der Waals surface area (Å²) in [6, 6.07) is 12.9. The Bertz CT molecular complexity index is 555. The van der Waals surface area contributed by atoms with Crippen molar-refractivity contribution >= 4 is 15.9 Å². The molecule has 3 N–H and O–H groups in total. The van der Waals surface area contributed by atoms with Crippen LogP contribution in [0.1, 0.15) is 24.1 Å². The molecule has 0 bridgehead atoms. The molecule has 0 heterocycles. The molecular formula is C15H16BrNO2. The molecule has 0 saturated carbocycles. The SMILES string of the molecule is C[C@H](NCc1ccc(O)cc1O)c1ccc(Br)cc1. The fourth-order valence-electron chi connectivity index (χ4n) is 1.83. The standard InChI is InChI=1S/C15H16BrNO2/c1-10(11-2-5-13(16)6-3-11)17-9-12-4-7-14(18)8-15(12)19/h2-8,10,17-19H,9H2,1H3/t10-/m0/s1. The number of phenols is 2. The number of rotatable bonds is 4. The average Bonchev–Trinajstić information content (AvgIpc) is 2.38. The van der Waals surface area contributed by atoms with Crippen molar-refractivity contribution < 1.29 is 10.2 Å². The molecular weight excluding hydrogens is 306 g/mol. The Morgan fingerprint density at radius 2 is 1.79 bits per heavy atom. The Labute approximate surface area is 121 Å². The van der Waals surface area contributed by atoms with Gasteiger partial charge in [-0.05, 0) is 30.7 Å². The highest BCUT2D eigenvalue weighted by Gasteiger charge is 2.07. The highest BCUT2D eigenvalue weighted by molar-refractivity contribution is 9.10. The molecule has 0 amide bonds. The topological polar surface area (TPSA) is 52.5 Å². The summed E-state index contributed by atoms with van der Waals surface area (Å²) in [6.07, 6.45) is 0. The lowest BCUT2D eigenvalue weighted by atomic mass is 10.1. The fraction of sp³-hybridized carbons (Fsp3) is 0.200. The molecule has 0 spiro atoms. The van der Waals surface area contributed by atoms with Crippen molar-refractivity contribution in [1.82, 2.24) is 5.32 Å². The molecule has 2 aromatic carbocycles. The zero-order chi connectivity index (χ0) is 13.8. The van der Waals surface area contributed by atoms with Gasteiger partial charge in [0.05, 0.1) is 0 Å². The molecule has 0 unspecified atom stereocenters. The normalized spacial score (nSPS) is 12.3. The molecule has 0 aliphatic heterocycles. The Kier molecular flexibility index (Phi) is 4.45. The van der Waals surface area contributed by atoms with Crippen molar-refractivity contribution in [3.8, 4) is 11.5 Å². The second kappa shape index (κ2) is 6.08. The summed E-state index contributed by atoms with van der Waals surface area (Å²) in [5, 5.41) is 22.3. The molecule has 0 saturated heterocycles.